The summed E-state index contributed by atoms with van der Waals surface area (Å²) in [4.78, 5) is 24.9. The molecule has 0 atom stereocenters. The van der Waals surface area contributed by atoms with Crippen LogP contribution in [0.1, 0.15) is 20.8 Å². The highest BCUT2D eigenvalue weighted by Gasteiger charge is 2.21. The lowest BCUT2D eigenvalue weighted by Crippen LogP contribution is -2.27. The number of nitrogens with one attached hydrogen (secondary N) is 3. The smallest absolute Gasteiger partial charge is 0.229 e. The van der Waals surface area contributed by atoms with Gasteiger partial charge in [-0.05, 0) is 30.3 Å². The number of H-pyrrole nitrogens is 2. The summed E-state index contributed by atoms with van der Waals surface area (Å²) in [5.41, 5.74) is 6.07. The molecule has 0 spiro atoms. The van der Waals surface area contributed by atoms with Crippen LogP contribution in [0.25, 0.3) is 44.6 Å². The SMILES string of the molecule is CC(C)(C)C(=O)Nc1cncc(-c2ccc3[nH]nc(-c4cc5ccccc5[nH]4)c3n2)c1. The van der Waals surface area contributed by atoms with Crippen LogP contribution < -0.4 is 5.32 Å². The second-order valence-electron chi connectivity index (χ2n) is 8.60. The second-order valence-corrected chi connectivity index (χ2v) is 8.60. The van der Waals surface area contributed by atoms with Crippen molar-refractivity contribution < 1.29 is 4.79 Å². The topological polar surface area (TPSA) is 99.4 Å². The number of amides is 1. The van der Waals surface area contributed by atoms with Crippen molar-refractivity contribution in [2.24, 2.45) is 5.41 Å². The minimum absolute atomic E-state index is 0.0641. The van der Waals surface area contributed by atoms with Gasteiger partial charge < -0.3 is 10.3 Å². The van der Waals surface area contributed by atoms with Crippen LogP contribution >= 0.6 is 0 Å². The minimum Gasteiger partial charge on any atom is -0.353 e. The van der Waals surface area contributed by atoms with Crippen molar-refractivity contribution in [3.8, 4) is 22.6 Å². The van der Waals surface area contributed by atoms with Crippen molar-refractivity contribution in [3.63, 3.8) is 0 Å². The van der Waals surface area contributed by atoms with Crippen LogP contribution in [0.15, 0.2) is 60.9 Å². The number of hydrogen-bond acceptors (Lipinski definition) is 4. The first kappa shape index (κ1) is 19.0. The van der Waals surface area contributed by atoms with Crippen LogP contribution in [0, 0.1) is 5.41 Å². The minimum atomic E-state index is -0.488. The first-order chi connectivity index (χ1) is 14.9. The third-order valence-corrected chi connectivity index (χ3v) is 5.17. The number of carbonyl (C=O) groups excluding carboxylic acids is 1. The maximum atomic E-state index is 12.3. The zero-order valence-corrected chi connectivity index (χ0v) is 17.5. The van der Waals surface area contributed by atoms with Crippen molar-refractivity contribution in [2.45, 2.75) is 20.8 Å². The van der Waals surface area contributed by atoms with E-state index >= 15 is 0 Å². The van der Waals surface area contributed by atoms with E-state index in [9.17, 15) is 4.79 Å². The average Bonchev–Trinajstić information content (AvgIpc) is 3.36. The number of aromatic nitrogens is 5. The zero-order valence-electron chi connectivity index (χ0n) is 17.5. The molecule has 3 N–H and O–H groups in total. The number of aromatic amines is 2. The first-order valence-electron chi connectivity index (χ1n) is 10.1. The summed E-state index contributed by atoms with van der Waals surface area (Å²) < 4.78 is 0. The molecule has 0 saturated heterocycles. The van der Waals surface area contributed by atoms with Crippen LogP contribution in [0.5, 0.6) is 0 Å². The molecule has 5 aromatic rings. The molecule has 0 unspecified atom stereocenters. The van der Waals surface area contributed by atoms with Crippen LogP contribution in [-0.4, -0.2) is 31.1 Å². The van der Waals surface area contributed by atoms with E-state index in [0.29, 0.717) is 5.69 Å². The highest BCUT2D eigenvalue weighted by atomic mass is 16.2. The molecule has 1 amide bonds. The molecule has 0 aliphatic carbocycles. The fourth-order valence-electron chi connectivity index (χ4n) is 3.42. The first-order valence-corrected chi connectivity index (χ1v) is 10.1. The molecule has 0 bridgehead atoms. The molecule has 7 heteroatoms. The molecular weight excluding hydrogens is 388 g/mol. The van der Waals surface area contributed by atoms with E-state index in [-0.39, 0.29) is 5.91 Å². The number of fused-ring (bicyclic) bond motifs is 2. The highest BCUT2D eigenvalue weighted by Crippen LogP contribution is 2.30. The number of nitrogens with zero attached hydrogens (tertiary/aromatic N) is 3. The molecule has 154 valence electrons. The summed E-state index contributed by atoms with van der Waals surface area (Å²) in [6.45, 7) is 5.62. The Morgan fingerprint density at radius 1 is 1.00 bits per heavy atom. The van der Waals surface area contributed by atoms with Gasteiger partial charge in [0.2, 0.25) is 5.91 Å². The van der Waals surface area contributed by atoms with E-state index in [1.807, 2.05) is 57.2 Å². The monoisotopic (exact) mass is 410 g/mol. The fraction of sp³-hybridized carbons (Fsp3) is 0.167. The van der Waals surface area contributed by atoms with Gasteiger partial charge in [0.05, 0.1) is 28.8 Å². The molecule has 1 aromatic carbocycles. The summed E-state index contributed by atoms with van der Waals surface area (Å²) in [6.07, 6.45) is 3.38. The third kappa shape index (κ3) is 3.54. The second kappa shape index (κ2) is 7.05. The molecule has 4 aromatic heterocycles. The number of anilines is 1. The molecule has 4 heterocycles. The van der Waals surface area contributed by atoms with Gasteiger partial charge in [0.25, 0.3) is 0 Å². The van der Waals surface area contributed by atoms with Crippen molar-refractivity contribution in [3.05, 3.63) is 60.9 Å². The van der Waals surface area contributed by atoms with E-state index in [0.717, 1.165) is 44.6 Å². The third-order valence-electron chi connectivity index (χ3n) is 5.17. The van der Waals surface area contributed by atoms with Crippen molar-refractivity contribution in [2.75, 3.05) is 5.32 Å². The summed E-state index contributed by atoms with van der Waals surface area (Å²) in [5.74, 6) is -0.0641. The van der Waals surface area contributed by atoms with Gasteiger partial charge in [0.15, 0.2) is 0 Å². The predicted octanol–water partition coefficient (Wildman–Crippen LogP) is 5.15. The van der Waals surface area contributed by atoms with E-state index in [1.165, 1.54) is 0 Å². The van der Waals surface area contributed by atoms with E-state index in [4.69, 9.17) is 4.98 Å². The number of hydrogen-bond donors (Lipinski definition) is 3. The van der Waals surface area contributed by atoms with E-state index in [1.54, 1.807) is 12.4 Å². The Morgan fingerprint density at radius 2 is 1.84 bits per heavy atom. The largest absolute Gasteiger partial charge is 0.353 e. The molecule has 7 nitrogen and oxygen atoms in total. The molecule has 0 aliphatic heterocycles. The van der Waals surface area contributed by atoms with Crippen molar-refractivity contribution >= 4 is 33.5 Å². The molecule has 0 aliphatic rings. The highest BCUT2D eigenvalue weighted by molar-refractivity contribution is 5.96. The lowest BCUT2D eigenvalue weighted by molar-refractivity contribution is -0.123. The van der Waals surface area contributed by atoms with Gasteiger partial charge >= 0.3 is 0 Å². The number of para-hydroxylation sites is 1. The average molecular weight is 410 g/mol. The van der Waals surface area contributed by atoms with Gasteiger partial charge in [-0.25, -0.2) is 4.98 Å². The molecule has 5 rings (SSSR count). The van der Waals surface area contributed by atoms with E-state index < -0.39 is 5.41 Å². The number of rotatable bonds is 3. The Hall–Kier alpha value is -4.00. The summed E-state index contributed by atoms with van der Waals surface area (Å²) >= 11 is 0. The van der Waals surface area contributed by atoms with Crippen LogP contribution in [0.2, 0.25) is 0 Å². The molecule has 31 heavy (non-hydrogen) atoms. The Bertz CT molecular complexity index is 1390. The Kier molecular flexibility index (Phi) is 4.32. The number of benzene rings is 1. The van der Waals surface area contributed by atoms with Gasteiger partial charge in [0.1, 0.15) is 11.2 Å². The van der Waals surface area contributed by atoms with Gasteiger partial charge in [-0.15, -0.1) is 0 Å². The maximum absolute atomic E-state index is 12.3. The predicted molar refractivity (Wildman–Crippen MR) is 122 cm³/mol. The summed E-state index contributed by atoms with van der Waals surface area (Å²) in [6, 6.07) is 15.9. The Labute approximate surface area is 178 Å². The maximum Gasteiger partial charge on any atom is 0.229 e. The fourth-order valence-corrected chi connectivity index (χ4v) is 3.42. The quantitative estimate of drug-likeness (QED) is 0.383. The summed E-state index contributed by atoms with van der Waals surface area (Å²) in [7, 11) is 0. The zero-order chi connectivity index (χ0) is 21.6. The Balaban J connectivity index is 1.54. The van der Waals surface area contributed by atoms with Crippen molar-refractivity contribution in [1.29, 1.82) is 0 Å². The molecule has 0 saturated carbocycles. The lowest BCUT2D eigenvalue weighted by atomic mass is 9.95. The molecule has 0 radical (unpaired) electrons. The van der Waals surface area contributed by atoms with Crippen LogP contribution in [0.3, 0.4) is 0 Å². The number of carbonyl (C=O) groups is 1. The van der Waals surface area contributed by atoms with Gasteiger partial charge in [-0.2, -0.15) is 5.10 Å². The Morgan fingerprint density at radius 3 is 2.65 bits per heavy atom. The molecule has 0 fully saturated rings. The lowest BCUT2D eigenvalue weighted by Gasteiger charge is -2.17. The van der Waals surface area contributed by atoms with Crippen LogP contribution in [0.4, 0.5) is 5.69 Å². The van der Waals surface area contributed by atoms with Crippen molar-refractivity contribution in [1.82, 2.24) is 25.1 Å². The molecular formula is C24H22N6O. The van der Waals surface area contributed by atoms with Gasteiger partial charge in [-0.1, -0.05) is 39.0 Å². The normalized spacial score (nSPS) is 11.8. The summed E-state index contributed by atoms with van der Waals surface area (Å²) in [5, 5.41) is 11.6. The standard InChI is InChI=1S/C24H22N6O/c1-24(2,3)23(31)26-16-10-15(12-25-13-16)18-8-9-19-21(28-18)22(30-29-19)20-11-14-6-4-5-7-17(14)27-20/h4-13,27H,1-3H3,(H,26,31)(H,29,30). The van der Waals surface area contributed by atoms with E-state index in [2.05, 4.69) is 37.6 Å². The number of pyridine rings is 2. The van der Waals surface area contributed by atoms with Gasteiger partial charge in [0, 0.05) is 28.1 Å². The van der Waals surface area contributed by atoms with Crippen LogP contribution in [-0.2, 0) is 4.79 Å². The van der Waals surface area contributed by atoms with Gasteiger partial charge in [-0.3, -0.25) is 14.9 Å².